The summed E-state index contributed by atoms with van der Waals surface area (Å²) < 4.78 is 46.4. The highest BCUT2D eigenvalue weighted by Gasteiger charge is 2.30. The Kier molecular flexibility index (Phi) is 7.97. The van der Waals surface area contributed by atoms with E-state index < -0.39 is 17.6 Å². The van der Waals surface area contributed by atoms with E-state index in [0.717, 1.165) is 30.5 Å². The average molecular weight is 515 g/mol. The van der Waals surface area contributed by atoms with Gasteiger partial charge in [-0.3, -0.25) is 19.5 Å². The molecule has 3 aromatic rings. The van der Waals surface area contributed by atoms with Gasteiger partial charge in [0.15, 0.2) is 0 Å². The number of nitrogens with one attached hydrogen (secondary N) is 1. The van der Waals surface area contributed by atoms with Crippen molar-refractivity contribution in [1.82, 2.24) is 14.5 Å². The Balaban J connectivity index is 1.60. The molecule has 1 aliphatic heterocycles. The minimum Gasteiger partial charge on any atom is -0.376 e. The second kappa shape index (κ2) is 11.2. The molecular weight excluding hydrogens is 485 g/mol. The van der Waals surface area contributed by atoms with Gasteiger partial charge in [-0.2, -0.15) is 13.2 Å². The second-order valence-corrected chi connectivity index (χ2v) is 9.29. The number of anilines is 1. The van der Waals surface area contributed by atoms with Crippen LogP contribution < -0.4 is 5.32 Å². The number of ether oxygens (including phenoxy) is 1. The van der Waals surface area contributed by atoms with Crippen LogP contribution in [0.25, 0.3) is 16.9 Å². The number of benzene rings is 2. The van der Waals surface area contributed by atoms with E-state index in [-0.39, 0.29) is 30.4 Å². The van der Waals surface area contributed by atoms with Crippen molar-refractivity contribution in [3.8, 4) is 16.9 Å². The Morgan fingerprint density at radius 3 is 2.43 bits per heavy atom. The fraction of sp³-hybridized carbons (Fsp3) is 0.370. The molecule has 10 heteroatoms. The molecule has 4 rings (SSSR count). The molecule has 1 aliphatic rings. The third kappa shape index (κ3) is 6.56. The minimum atomic E-state index is -4.46. The molecule has 1 aromatic heterocycles. The van der Waals surface area contributed by atoms with E-state index in [1.807, 2.05) is 30.3 Å². The van der Waals surface area contributed by atoms with Gasteiger partial charge in [0.2, 0.25) is 17.8 Å². The largest absolute Gasteiger partial charge is 0.416 e. The van der Waals surface area contributed by atoms with Gasteiger partial charge in [0, 0.05) is 36.5 Å². The van der Waals surface area contributed by atoms with E-state index in [1.54, 1.807) is 20.0 Å². The van der Waals surface area contributed by atoms with E-state index in [2.05, 4.69) is 10.3 Å². The Bertz CT molecular complexity index is 1220. The third-order valence-corrected chi connectivity index (χ3v) is 6.09. The number of hydrogen-bond acceptors (Lipinski definition) is 4. The first-order valence-corrected chi connectivity index (χ1v) is 12.1. The molecule has 196 valence electrons. The SMILES string of the molecule is CC(C)C(=O)N(CC(=O)Nc1nc(-c2ccccc2)cn1-c1ccc(C(F)(F)F)cc1)C[C@H]1CCCO1. The molecule has 2 amide bonds. The zero-order valence-corrected chi connectivity index (χ0v) is 20.7. The number of halogens is 3. The summed E-state index contributed by atoms with van der Waals surface area (Å²) in [5.74, 6) is -0.794. The van der Waals surface area contributed by atoms with Crippen LogP contribution in [-0.2, 0) is 20.5 Å². The molecule has 0 saturated carbocycles. The normalized spacial score (nSPS) is 15.7. The van der Waals surface area contributed by atoms with Crippen LogP contribution in [0, 0.1) is 5.92 Å². The lowest BCUT2D eigenvalue weighted by atomic mass is 10.1. The average Bonchev–Trinajstić information content (AvgIpc) is 3.53. The number of nitrogens with zero attached hydrogens (tertiary/aromatic N) is 3. The fourth-order valence-electron chi connectivity index (χ4n) is 4.19. The lowest BCUT2D eigenvalue weighted by molar-refractivity contribution is -0.139. The number of amides is 2. The molecule has 0 spiro atoms. The number of rotatable bonds is 8. The van der Waals surface area contributed by atoms with E-state index >= 15 is 0 Å². The van der Waals surface area contributed by atoms with Crippen molar-refractivity contribution in [2.24, 2.45) is 5.92 Å². The van der Waals surface area contributed by atoms with Gasteiger partial charge in [0.05, 0.1) is 17.4 Å². The molecule has 1 atom stereocenters. The number of carbonyl (C=O) groups is 2. The predicted molar refractivity (Wildman–Crippen MR) is 133 cm³/mol. The molecule has 37 heavy (non-hydrogen) atoms. The van der Waals surface area contributed by atoms with Crippen molar-refractivity contribution in [2.45, 2.75) is 39.0 Å². The molecule has 1 N–H and O–H groups in total. The fourth-order valence-corrected chi connectivity index (χ4v) is 4.19. The van der Waals surface area contributed by atoms with Gasteiger partial charge < -0.3 is 9.64 Å². The van der Waals surface area contributed by atoms with E-state index in [4.69, 9.17) is 4.74 Å². The first-order valence-electron chi connectivity index (χ1n) is 12.1. The van der Waals surface area contributed by atoms with E-state index in [0.29, 0.717) is 24.5 Å². The van der Waals surface area contributed by atoms with Gasteiger partial charge in [0.25, 0.3) is 0 Å². The highest BCUT2D eigenvalue weighted by molar-refractivity contribution is 5.94. The molecule has 1 fully saturated rings. The summed E-state index contributed by atoms with van der Waals surface area (Å²) in [6.45, 7) is 4.29. The Hall–Kier alpha value is -3.66. The Labute approximate surface area is 213 Å². The van der Waals surface area contributed by atoms with Crippen LogP contribution in [0.1, 0.15) is 32.3 Å². The Morgan fingerprint density at radius 2 is 1.84 bits per heavy atom. The van der Waals surface area contributed by atoms with Crippen molar-refractivity contribution < 1.29 is 27.5 Å². The molecule has 0 radical (unpaired) electrons. The third-order valence-electron chi connectivity index (χ3n) is 6.09. The van der Waals surface area contributed by atoms with Gasteiger partial charge in [0.1, 0.15) is 6.54 Å². The van der Waals surface area contributed by atoms with Gasteiger partial charge in [-0.05, 0) is 37.1 Å². The highest BCUT2D eigenvalue weighted by atomic mass is 19.4. The number of imidazole rings is 1. The van der Waals surface area contributed by atoms with Crippen LogP contribution in [0.15, 0.2) is 60.8 Å². The van der Waals surface area contributed by atoms with Gasteiger partial charge in [-0.25, -0.2) is 4.98 Å². The lowest BCUT2D eigenvalue weighted by Crippen LogP contribution is -2.44. The molecular formula is C27H29F3N4O3. The zero-order valence-electron chi connectivity index (χ0n) is 20.7. The monoisotopic (exact) mass is 514 g/mol. The minimum absolute atomic E-state index is 0.116. The lowest BCUT2D eigenvalue weighted by Gasteiger charge is -2.26. The molecule has 0 aliphatic carbocycles. The standard InChI is InChI=1S/C27H29F3N4O3/c1-18(2)25(36)33(15-22-9-6-14-37-22)17-24(35)32-26-31-23(19-7-4-3-5-8-19)16-34(26)21-12-10-20(11-13-21)27(28,29)30/h3-5,7-8,10-13,16,18,22H,6,9,14-15,17H2,1-2H3,(H,31,32,35)/t22-/m1/s1. The number of alkyl halides is 3. The summed E-state index contributed by atoms with van der Waals surface area (Å²) in [5, 5.41) is 2.75. The van der Waals surface area contributed by atoms with Crippen LogP contribution in [0.3, 0.4) is 0 Å². The summed E-state index contributed by atoms with van der Waals surface area (Å²) in [6, 6.07) is 13.8. The summed E-state index contributed by atoms with van der Waals surface area (Å²) in [6.07, 6.45) is -1.20. The zero-order chi connectivity index (χ0) is 26.6. The maximum Gasteiger partial charge on any atom is 0.416 e. The maximum atomic E-state index is 13.1. The molecule has 7 nitrogen and oxygen atoms in total. The number of aromatic nitrogens is 2. The molecule has 1 saturated heterocycles. The number of carbonyl (C=O) groups excluding carboxylic acids is 2. The molecule has 2 heterocycles. The van der Waals surface area contributed by atoms with Crippen LogP contribution in [0.4, 0.5) is 19.1 Å². The molecule has 2 aromatic carbocycles. The maximum absolute atomic E-state index is 13.1. The highest BCUT2D eigenvalue weighted by Crippen LogP contribution is 2.31. The van der Waals surface area contributed by atoms with Gasteiger partial charge in [-0.15, -0.1) is 0 Å². The predicted octanol–water partition coefficient (Wildman–Crippen LogP) is 5.16. The summed E-state index contributed by atoms with van der Waals surface area (Å²) in [5.41, 5.74) is 0.929. The first-order chi connectivity index (χ1) is 17.6. The summed E-state index contributed by atoms with van der Waals surface area (Å²) in [4.78, 5) is 31.9. The molecule has 0 unspecified atom stereocenters. The van der Waals surface area contributed by atoms with Crippen molar-refractivity contribution in [1.29, 1.82) is 0 Å². The van der Waals surface area contributed by atoms with Crippen molar-refractivity contribution in [3.63, 3.8) is 0 Å². The smallest absolute Gasteiger partial charge is 0.376 e. The van der Waals surface area contributed by atoms with Gasteiger partial charge in [-0.1, -0.05) is 44.2 Å². The second-order valence-electron chi connectivity index (χ2n) is 9.29. The first kappa shape index (κ1) is 26.4. The molecule has 0 bridgehead atoms. The van der Waals surface area contributed by atoms with Crippen LogP contribution in [-0.4, -0.2) is 52.1 Å². The van der Waals surface area contributed by atoms with E-state index in [9.17, 15) is 22.8 Å². The Morgan fingerprint density at radius 1 is 1.14 bits per heavy atom. The van der Waals surface area contributed by atoms with Crippen molar-refractivity contribution in [3.05, 3.63) is 66.4 Å². The summed E-state index contributed by atoms with van der Waals surface area (Å²) in [7, 11) is 0. The van der Waals surface area contributed by atoms with E-state index in [1.165, 1.54) is 21.6 Å². The van der Waals surface area contributed by atoms with Crippen LogP contribution in [0.5, 0.6) is 0 Å². The van der Waals surface area contributed by atoms with Crippen LogP contribution >= 0.6 is 0 Å². The quantitative estimate of drug-likeness (QED) is 0.451. The van der Waals surface area contributed by atoms with Crippen LogP contribution in [0.2, 0.25) is 0 Å². The topological polar surface area (TPSA) is 76.5 Å². The van der Waals surface area contributed by atoms with Crippen molar-refractivity contribution >= 4 is 17.8 Å². The number of hydrogen-bond donors (Lipinski definition) is 1. The summed E-state index contributed by atoms with van der Waals surface area (Å²) >= 11 is 0. The van der Waals surface area contributed by atoms with Gasteiger partial charge >= 0.3 is 6.18 Å². The van der Waals surface area contributed by atoms with Crippen molar-refractivity contribution in [2.75, 3.05) is 25.0 Å².